The molecule has 4 nitrogen and oxygen atoms in total. The summed E-state index contributed by atoms with van der Waals surface area (Å²) in [6.45, 7) is 4.69. The number of benzene rings is 1. The van der Waals surface area contributed by atoms with Crippen molar-refractivity contribution in [3.8, 4) is 5.75 Å². The van der Waals surface area contributed by atoms with E-state index in [-0.39, 0.29) is 12.4 Å². The van der Waals surface area contributed by atoms with Crippen LogP contribution in [0.15, 0.2) is 24.3 Å². The van der Waals surface area contributed by atoms with Crippen LogP contribution in [0.1, 0.15) is 20.8 Å². The quantitative estimate of drug-likeness (QED) is 0.572. The highest BCUT2D eigenvalue weighted by molar-refractivity contribution is 9.09. The Hall–Kier alpha value is -1.07. The number of ketones is 1. The van der Waals surface area contributed by atoms with Gasteiger partial charge < -0.3 is 9.47 Å². The fourth-order valence-corrected chi connectivity index (χ4v) is 2.31. The van der Waals surface area contributed by atoms with E-state index in [1.165, 1.54) is 6.92 Å². The van der Waals surface area contributed by atoms with Crippen LogP contribution in [-0.2, 0) is 14.3 Å². The predicted molar refractivity (Wildman–Crippen MR) is 80.2 cm³/mol. The van der Waals surface area contributed by atoms with Gasteiger partial charge >= 0.3 is 5.97 Å². The van der Waals surface area contributed by atoms with E-state index in [1.54, 1.807) is 38.1 Å². The van der Waals surface area contributed by atoms with E-state index in [2.05, 4.69) is 15.9 Å². The van der Waals surface area contributed by atoms with Gasteiger partial charge in [-0.25, -0.2) is 0 Å². The Morgan fingerprint density at radius 2 is 1.85 bits per heavy atom. The molecular weight excluding hydrogens is 348 g/mol. The first kappa shape index (κ1) is 17.0. The van der Waals surface area contributed by atoms with Crippen molar-refractivity contribution in [1.29, 1.82) is 0 Å². The number of esters is 1. The van der Waals surface area contributed by atoms with Crippen LogP contribution in [0, 0.1) is 5.41 Å². The Bertz CT molecular complexity index is 484. The molecule has 0 spiro atoms. The van der Waals surface area contributed by atoms with Gasteiger partial charge in [0, 0.05) is 11.9 Å². The predicted octanol–water partition coefficient (Wildman–Crippen LogP) is 3.60. The molecular formula is C14H16BrClO4. The molecule has 1 atom stereocenters. The number of ether oxygens (including phenoxy) is 2. The molecule has 0 aromatic heterocycles. The first-order valence-electron chi connectivity index (χ1n) is 5.96. The van der Waals surface area contributed by atoms with E-state index in [0.29, 0.717) is 10.8 Å². The topological polar surface area (TPSA) is 52.6 Å². The van der Waals surface area contributed by atoms with Gasteiger partial charge in [0.25, 0.3) is 0 Å². The van der Waals surface area contributed by atoms with E-state index in [1.807, 2.05) is 0 Å². The number of carbonyl (C=O) groups excluding carboxylic acids is 2. The Labute approximate surface area is 131 Å². The van der Waals surface area contributed by atoms with Gasteiger partial charge in [0.1, 0.15) is 12.4 Å². The lowest BCUT2D eigenvalue weighted by Gasteiger charge is -2.25. The maximum atomic E-state index is 12.3. The van der Waals surface area contributed by atoms with Crippen LogP contribution in [0.5, 0.6) is 5.75 Å². The van der Waals surface area contributed by atoms with Crippen LogP contribution >= 0.6 is 27.5 Å². The summed E-state index contributed by atoms with van der Waals surface area (Å²) in [6, 6.07) is 6.68. The minimum atomic E-state index is -0.841. The van der Waals surface area contributed by atoms with Gasteiger partial charge in [-0.05, 0) is 54.0 Å². The maximum absolute atomic E-state index is 12.3. The highest BCUT2D eigenvalue weighted by Crippen LogP contribution is 2.25. The number of halogens is 2. The summed E-state index contributed by atoms with van der Waals surface area (Å²) in [5, 5.41) is -0.237. The molecule has 0 bridgehead atoms. The molecule has 0 aliphatic rings. The Kier molecular flexibility index (Phi) is 6.02. The molecule has 1 rings (SSSR count). The summed E-state index contributed by atoms with van der Waals surface area (Å²) in [5.74, 6) is -0.114. The first-order chi connectivity index (χ1) is 9.22. The molecule has 0 saturated carbocycles. The first-order valence-corrected chi connectivity index (χ1v) is 7.26. The summed E-state index contributed by atoms with van der Waals surface area (Å²) >= 11 is 8.97. The number of rotatable bonds is 6. The second-order valence-corrected chi connectivity index (χ2v) is 6.18. The zero-order valence-electron chi connectivity index (χ0n) is 11.5. The molecule has 0 N–H and O–H groups in total. The Morgan fingerprint density at radius 1 is 1.30 bits per heavy atom. The highest BCUT2D eigenvalue weighted by atomic mass is 79.9. The molecule has 0 amide bonds. The third-order valence-corrected chi connectivity index (χ3v) is 3.42. The van der Waals surface area contributed by atoms with Gasteiger partial charge in [0.05, 0.1) is 5.41 Å². The van der Waals surface area contributed by atoms with Crippen molar-refractivity contribution < 1.29 is 19.1 Å². The third kappa shape index (κ3) is 5.13. The number of hydrogen-bond acceptors (Lipinski definition) is 4. The highest BCUT2D eigenvalue weighted by Gasteiger charge is 2.35. The van der Waals surface area contributed by atoms with Crippen molar-refractivity contribution in [3.05, 3.63) is 29.3 Å². The molecule has 0 fully saturated rings. The number of Topliss-reactive ketones (excluding diaryl/α,β-unsaturated/α-hetero) is 1. The minimum Gasteiger partial charge on any atom is -0.471 e. The largest absolute Gasteiger partial charge is 0.471 e. The Morgan fingerprint density at radius 3 is 2.35 bits per heavy atom. The molecule has 1 aromatic rings. The smallest absolute Gasteiger partial charge is 0.302 e. The van der Waals surface area contributed by atoms with Crippen LogP contribution in [-0.4, -0.2) is 23.4 Å². The lowest BCUT2D eigenvalue weighted by molar-refractivity contribution is -0.147. The molecule has 0 aliphatic heterocycles. The molecule has 0 heterocycles. The van der Waals surface area contributed by atoms with Crippen LogP contribution < -0.4 is 4.74 Å². The average molecular weight is 364 g/mol. The normalized spacial score (nSPS) is 12.7. The monoisotopic (exact) mass is 362 g/mol. The van der Waals surface area contributed by atoms with E-state index in [4.69, 9.17) is 21.1 Å². The molecule has 110 valence electrons. The lowest BCUT2D eigenvalue weighted by atomic mass is 9.89. The van der Waals surface area contributed by atoms with E-state index >= 15 is 0 Å². The standard InChI is InChI=1S/C14H16BrClO4/c1-9(17)19-8-14(2,3)12(18)13(15)20-11-6-4-10(16)5-7-11/h4-7,13H,8H2,1-3H3. The summed E-state index contributed by atoms with van der Waals surface area (Å²) in [7, 11) is 0. The molecule has 20 heavy (non-hydrogen) atoms. The van der Waals surface area contributed by atoms with Gasteiger partial charge in [-0.1, -0.05) is 11.6 Å². The van der Waals surface area contributed by atoms with E-state index < -0.39 is 16.4 Å². The second kappa shape index (κ2) is 7.09. The molecule has 1 aromatic carbocycles. The van der Waals surface area contributed by atoms with Crippen molar-refractivity contribution in [3.63, 3.8) is 0 Å². The van der Waals surface area contributed by atoms with Gasteiger partial charge in [0.2, 0.25) is 5.01 Å². The molecule has 0 radical (unpaired) electrons. The zero-order valence-corrected chi connectivity index (χ0v) is 13.8. The fraction of sp³-hybridized carbons (Fsp3) is 0.429. The summed E-state index contributed by atoms with van der Waals surface area (Å²) in [5.41, 5.74) is -0.841. The van der Waals surface area contributed by atoms with Crippen LogP contribution in [0.25, 0.3) is 0 Å². The summed E-state index contributed by atoms with van der Waals surface area (Å²) in [6.07, 6.45) is 0. The number of alkyl halides is 1. The van der Waals surface area contributed by atoms with Crippen molar-refractivity contribution in [2.45, 2.75) is 25.8 Å². The molecule has 6 heteroatoms. The summed E-state index contributed by atoms with van der Waals surface area (Å²) in [4.78, 5) is 23.1. The fourth-order valence-electron chi connectivity index (χ4n) is 1.35. The molecule has 0 aliphatic carbocycles. The zero-order chi connectivity index (χ0) is 15.3. The van der Waals surface area contributed by atoms with Gasteiger partial charge in [-0.15, -0.1) is 0 Å². The molecule has 1 unspecified atom stereocenters. The van der Waals surface area contributed by atoms with Crippen LogP contribution in [0.3, 0.4) is 0 Å². The SMILES string of the molecule is CC(=O)OCC(C)(C)C(=O)C(Br)Oc1ccc(Cl)cc1. The minimum absolute atomic E-state index is 0.00719. The van der Waals surface area contributed by atoms with Crippen molar-refractivity contribution in [2.24, 2.45) is 5.41 Å². The van der Waals surface area contributed by atoms with Crippen molar-refractivity contribution >= 4 is 39.3 Å². The number of carbonyl (C=O) groups is 2. The lowest BCUT2D eigenvalue weighted by Crippen LogP contribution is -2.38. The van der Waals surface area contributed by atoms with Gasteiger partial charge in [-0.3, -0.25) is 9.59 Å². The third-order valence-electron chi connectivity index (χ3n) is 2.56. The van der Waals surface area contributed by atoms with Crippen LogP contribution in [0.4, 0.5) is 0 Å². The number of hydrogen-bond donors (Lipinski definition) is 0. The van der Waals surface area contributed by atoms with Crippen LogP contribution in [0.2, 0.25) is 5.02 Å². The Balaban J connectivity index is 2.65. The second-order valence-electron chi connectivity index (χ2n) is 4.92. The van der Waals surface area contributed by atoms with Gasteiger partial charge in [-0.2, -0.15) is 0 Å². The average Bonchev–Trinajstić information content (AvgIpc) is 2.38. The van der Waals surface area contributed by atoms with Gasteiger partial charge in [0.15, 0.2) is 5.78 Å². The maximum Gasteiger partial charge on any atom is 0.302 e. The molecule has 0 saturated heterocycles. The van der Waals surface area contributed by atoms with Crippen molar-refractivity contribution in [2.75, 3.05) is 6.61 Å². The van der Waals surface area contributed by atoms with Crippen molar-refractivity contribution in [1.82, 2.24) is 0 Å². The summed E-state index contributed by atoms with van der Waals surface area (Å²) < 4.78 is 10.4. The van der Waals surface area contributed by atoms with E-state index in [0.717, 1.165) is 0 Å². The van der Waals surface area contributed by atoms with E-state index in [9.17, 15) is 9.59 Å².